The van der Waals surface area contributed by atoms with Gasteiger partial charge in [0, 0.05) is 32.9 Å². The van der Waals surface area contributed by atoms with Crippen LogP contribution in [-0.4, -0.2) is 44.2 Å². The Bertz CT molecular complexity index is 467. The minimum absolute atomic E-state index is 0.128. The molecule has 0 spiro atoms. The van der Waals surface area contributed by atoms with Crippen molar-refractivity contribution in [3.8, 4) is 0 Å². The first kappa shape index (κ1) is 15.5. The third-order valence-corrected chi connectivity index (χ3v) is 3.59. The molecule has 1 aliphatic heterocycles. The van der Waals surface area contributed by atoms with Gasteiger partial charge < -0.3 is 15.0 Å². The van der Waals surface area contributed by atoms with E-state index in [0.29, 0.717) is 18.0 Å². The maximum atomic E-state index is 11.8. The molecule has 2 heterocycles. The summed E-state index contributed by atoms with van der Waals surface area (Å²) in [5.74, 6) is 1.30. The molecule has 0 radical (unpaired) electrons. The van der Waals surface area contributed by atoms with Crippen LogP contribution in [-0.2, 0) is 4.74 Å². The molecule has 0 bridgehead atoms. The second-order valence-corrected chi connectivity index (χ2v) is 5.37. The van der Waals surface area contributed by atoms with Gasteiger partial charge in [0.25, 0.3) is 5.91 Å². The molecule has 2 rings (SSSR count). The number of pyridine rings is 1. The van der Waals surface area contributed by atoms with E-state index in [4.69, 9.17) is 4.74 Å². The zero-order chi connectivity index (χ0) is 15.1. The first-order chi connectivity index (χ1) is 10.2. The fourth-order valence-corrected chi connectivity index (χ4v) is 2.45. The average molecular weight is 289 g/mol. The molecular weight excluding hydrogens is 266 g/mol. The fraction of sp³-hybridized carbons (Fsp3) is 0.500. The highest BCUT2D eigenvalue weighted by Gasteiger charge is 2.16. The van der Waals surface area contributed by atoms with Crippen LogP contribution in [0.4, 0.5) is 5.82 Å². The van der Waals surface area contributed by atoms with E-state index < -0.39 is 0 Å². The number of hydrogen-bond donors (Lipinski definition) is 1. The van der Waals surface area contributed by atoms with E-state index in [9.17, 15) is 4.79 Å². The molecular formula is C16H23N3O2. The van der Waals surface area contributed by atoms with Gasteiger partial charge in [-0.3, -0.25) is 4.79 Å². The second-order valence-electron chi connectivity index (χ2n) is 5.37. The molecule has 1 aromatic rings. The summed E-state index contributed by atoms with van der Waals surface area (Å²) in [5, 5.41) is 2.74. The van der Waals surface area contributed by atoms with Gasteiger partial charge in [0.15, 0.2) is 0 Å². The molecule has 21 heavy (non-hydrogen) atoms. The highest BCUT2D eigenvalue weighted by molar-refractivity contribution is 5.94. The van der Waals surface area contributed by atoms with Gasteiger partial charge in [-0.25, -0.2) is 4.98 Å². The topological polar surface area (TPSA) is 54.5 Å². The van der Waals surface area contributed by atoms with Crippen LogP contribution in [0.3, 0.4) is 0 Å². The standard InChI is InChI=1S/C16H23N3O2/c1-3-8-17-16(20)14-6-7-15(18-10-14)19(2)11-13-5-4-9-21-12-13/h3,6-7,10,13H,1,4-5,8-9,11-12H2,2H3,(H,17,20)/t13-/m1/s1. The molecule has 0 aromatic carbocycles. The second kappa shape index (κ2) is 7.78. The van der Waals surface area contributed by atoms with Crippen LogP contribution in [0.25, 0.3) is 0 Å². The minimum atomic E-state index is -0.128. The molecule has 1 fully saturated rings. The predicted molar refractivity (Wildman–Crippen MR) is 83.6 cm³/mol. The summed E-state index contributed by atoms with van der Waals surface area (Å²) >= 11 is 0. The highest BCUT2D eigenvalue weighted by atomic mass is 16.5. The molecule has 1 aliphatic rings. The Morgan fingerprint density at radius 2 is 2.48 bits per heavy atom. The Balaban J connectivity index is 1.91. The number of carbonyl (C=O) groups is 1. The normalized spacial score (nSPS) is 18.0. The molecule has 5 heteroatoms. The number of nitrogens with one attached hydrogen (secondary N) is 1. The van der Waals surface area contributed by atoms with Gasteiger partial charge in [0.1, 0.15) is 5.82 Å². The largest absolute Gasteiger partial charge is 0.381 e. The summed E-state index contributed by atoms with van der Waals surface area (Å²) in [6.07, 6.45) is 5.60. The Labute approximate surface area is 126 Å². The summed E-state index contributed by atoms with van der Waals surface area (Å²) in [7, 11) is 2.02. The van der Waals surface area contributed by atoms with Crippen LogP contribution in [0.5, 0.6) is 0 Å². The van der Waals surface area contributed by atoms with Crippen molar-refractivity contribution in [3.05, 3.63) is 36.5 Å². The van der Waals surface area contributed by atoms with Crippen molar-refractivity contribution >= 4 is 11.7 Å². The van der Waals surface area contributed by atoms with Crippen molar-refractivity contribution < 1.29 is 9.53 Å². The first-order valence-corrected chi connectivity index (χ1v) is 7.34. The zero-order valence-electron chi connectivity index (χ0n) is 12.5. The van der Waals surface area contributed by atoms with Gasteiger partial charge in [0.05, 0.1) is 12.2 Å². The van der Waals surface area contributed by atoms with E-state index >= 15 is 0 Å². The van der Waals surface area contributed by atoms with E-state index in [1.807, 2.05) is 13.1 Å². The van der Waals surface area contributed by atoms with Crippen molar-refractivity contribution in [2.24, 2.45) is 5.92 Å². The highest BCUT2D eigenvalue weighted by Crippen LogP contribution is 2.17. The average Bonchev–Trinajstić information content (AvgIpc) is 2.53. The SMILES string of the molecule is C=CCNC(=O)c1ccc(N(C)C[C@H]2CCCOC2)nc1. The Kier molecular flexibility index (Phi) is 5.75. The first-order valence-electron chi connectivity index (χ1n) is 7.34. The third kappa shape index (κ3) is 4.56. The number of hydrogen-bond acceptors (Lipinski definition) is 4. The van der Waals surface area contributed by atoms with Crippen LogP contribution in [0.1, 0.15) is 23.2 Å². The molecule has 1 aromatic heterocycles. The Morgan fingerprint density at radius 3 is 3.10 bits per heavy atom. The maximum Gasteiger partial charge on any atom is 0.253 e. The van der Waals surface area contributed by atoms with Crippen LogP contribution in [0, 0.1) is 5.92 Å². The zero-order valence-corrected chi connectivity index (χ0v) is 12.5. The fourth-order valence-electron chi connectivity index (χ4n) is 2.45. The van der Waals surface area contributed by atoms with E-state index in [1.54, 1.807) is 18.3 Å². The molecule has 5 nitrogen and oxygen atoms in total. The van der Waals surface area contributed by atoms with Crippen molar-refractivity contribution in [3.63, 3.8) is 0 Å². The van der Waals surface area contributed by atoms with E-state index in [0.717, 1.165) is 32.0 Å². The monoisotopic (exact) mass is 289 g/mol. The number of anilines is 1. The Hall–Kier alpha value is -1.88. The predicted octanol–water partition coefficient (Wildman–Crippen LogP) is 1.86. The number of rotatable bonds is 6. The van der Waals surface area contributed by atoms with Gasteiger partial charge >= 0.3 is 0 Å². The molecule has 1 N–H and O–H groups in total. The number of amides is 1. The lowest BCUT2D eigenvalue weighted by atomic mass is 10.0. The molecule has 114 valence electrons. The Morgan fingerprint density at radius 1 is 1.62 bits per heavy atom. The van der Waals surface area contributed by atoms with Crippen molar-refractivity contribution in [1.82, 2.24) is 10.3 Å². The van der Waals surface area contributed by atoms with Gasteiger partial charge in [-0.2, -0.15) is 0 Å². The summed E-state index contributed by atoms with van der Waals surface area (Å²) in [6.45, 7) is 6.67. The van der Waals surface area contributed by atoms with Gasteiger partial charge in [-0.1, -0.05) is 6.08 Å². The van der Waals surface area contributed by atoms with E-state index in [1.165, 1.54) is 6.42 Å². The number of ether oxygens (including phenoxy) is 1. The van der Waals surface area contributed by atoms with Crippen molar-refractivity contribution in [1.29, 1.82) is 0 Å². The molecule has 0 aliphatic carbocycles. The molecule has 1 atom stereocenters. The van der Waals surface area contributed by atoms with Crippen LogP contribution >= 0.6 is 0 Å². The number of aromatic nitrogens is 1. The third-order valence-electron chi connectivity index (χ3n) is 3.59. The molecule has 0 saturated carbocycles. The summed E-state index contributed by atoms with van der Waals surface area (Å²) in [4.78, 5) is 18.3. The minimum Gasteiger partial charge on any atom is -0.381 e. The van der Waals surface area contributed by atoms with Crippen LogP contribution < -0.4 is 10.2 Å². The molecule has 0 unspecified atom stereocenters. The molecule has 1 saturated heterocycles. The van der Waals surface area contributed by atoms with E-state index in [2.05, 4.69) is 21.8 Å². The lowest BCUT2D eigenvalue weighted by Crippen LogP contribution is -2.31. The summed E-state index contributed by atoms with van der Waals surface area (Å²) in [6, 6.07) is 3.68. The quantitative estimate of drug-likeness (QED) is 0.812. The molecule has 1 amide bonds. The van der Waals surface area contributed by atoms with Crippen molar-refractivity contribution in [2.75, 3.05) is 38.3 Å². The summed E-state index contributed by atoms with van der Waals surface area (Å²) < 4.78 is 5.50. The van der Waals surface area contributed by atoms with Gasteiger partial charge in [0.2, 0.25) is 0 Å². The number of carbonyl (C=O) groups excluding carboxylic acids is 1. The van der Waals surface area contributed by atoms with Gasteiger partial charge in [-0.05, 0) is 30.9 Å². The lowest BCUT2D eigenvalue weighted by molar-refractivity contribution is 0.0576. The van der Waals surface area contributed by atoms with Gasteiger partial charge in [-0.15, -0.1) is 6.58 Å². The van der Waals surface area contributed by atoms with Crippen LogP contribution in [0.2, 0.25) is 0 Å². The lowest BCUT2D eigenvalue weighted by Gasteiger charge is -2.27. The van der Waals surface area contributed by atoms with Crippen LogP contribution in [0.15, 0.2) is 31.0 Å². The van der Waals surface area contributed by atoms with Crippen molar-refractivity contribution in [2.45, 2.75) is 12.8 Å². The summed E-state index contributed by atoms with van der Waals surface area (Å²) in [5.41, 5.74) is 0.565. The smallest absolute Gasteiger partial charge is 0.253 e. The number of nitrogens with zero attached hydrogens (tertiary/aromatic N) is 2. The van der Waals surface area contributed by atoms with E-state index in [-0.39, 0.29) is 5.91 Å². The maximum absolute atomic E-state index is 11.8.